The number of thiophene rings is 1. The van der Waals surface area contributed by atoms with Crippen molar-refractivity contribution in [1.82, 2.24) is 4.90 Å². The molecule has 2 heterocycles. The molecule has 106 valence electrons. The van der Waals surface area contributed by atoms with E-state index in [9.17, 15) is 18.0 Å². The van der Waals surface area contributed by atoms with E-state index in [1.165, 1.54) is 0 Å². The van der Waals surface area contributed by atoms with E-state index in [0.29, 0.717) is 12.1 Å². The summed E-state index contributed by atoms with van der Waals surface area (Å²) in [7, 11) is 0. The quantitative estimate of drug-likeness (QED) is 0.795. The lowest BCUT2D eigenvalue weighted by molar-refractivity contribution is -0.170. The molecule has 19 heavy (non-hydrogen) atoms. The minimum absolute atomic E-state index is 0.0581. The average Bonchev–Trinajstić information content (AvgIpc) is 2.84. The van der Waals surface area contributed by atoms with Crippen molar-refractivity contribution < 1.29 is 18.0 Å². The smallest absolute Gasteiger partial charge is 0.295 e. The lowest BCUT2D eigenvalue weighted by Crippen LogP contribution is -2.31. The number of hydrogen-bond acceptors (Lipinski definition) is 3. The number of nitrogens with zero attached hydrogens (tertiary/aromatic N) is 1. The van der Waals surface area contributed by atoms with Gasteiger partial charge in [0.1, 0.15) is 0 Å². The first-order valence-corrected chi connectivity index (χ1v) is 6.98. The summed E-state index contributed by atoms with van der Waals surface area (Å²) in [6.45, 7) is 4.16. The van der Waals surface area contributed by atoms with Gasteiger partial charge in [-0.1, -0.05) is 0 Å². The Morgan fingerprint density at radius 1 is 1.47 bits per heavy atom. The fourth-order valence-electron chi connectivity index (χ4n) is 2.44. The number of ketones is 1. The van der Waals surface area contributed by atoms with Crippen LogP contribution in [0.25, 0.3) is 0 Å². The number of carbonyl (C=O) groups excluding carboxylic acids is 1. The molecule has 0 bridgehead atoms. The largest absolute Gasteiger partial charge is 0.393 e. The molecule has 0 amide bonds. The fourth-order valence-corrected chi connectivity index (χ4v) is 3.38. The van der Waals surface area contributed by atoms with Gasteiger partial charge in [-0.25, -0.2) is 0 Å². The van der Waals surface area contributed by atoms with Crippen molar-refractivity contribution >= 4 is 17.1 Å². The summed E-state index contributed by atoms with van der Waals surface area (Å²) in [5.41, 5.74) is 0.651. The number of rotatable bonds is 3. The third kappa shape index (κ3) is 3.36. The molecule has 2 nitrogen and oxygen atoms in total. The van der Waals surface area contributed by atoms with E-state index in [1.54, 1.807) is 16.2 Å². The first kappa shape index (κ1) is 14.5. The Kier molecular flexibility index (Phi) is 4.01. The van der Waals surface area contributed by atoms with Crippen molar-refractivity contribution in [3.8, 4) is 0 Å². The van der Waals surface area contributed by atoms with Gasteiger partial charge in [-0.15, -0.1) is 11.3 Å². The van der Waals surface area contributed by atoms with E-state index >= 15 is 0 Å². The highest BCUT2D eigenvalue weighted by Crippen LogP contribution is 2.33. The Labute approximate surface area is 114 Å². The molecular formula is C13H16F3NOS. The molecule has 1 aromatic rings. The topological polar surface area (TPSA) is 20.3 Å². The third-order valence-electron chi connectivity index (χ3n) is 3.44. The van der Waals surface area contributed by atoms with Crippen molar-refractivity contribution in [3.63, 3.8) is 0 Å². The molecule has 1 aliphatic rings. The molecular weight excluding hydrogens is 275 g/mol. The van der Waals surface area contributed by atoms with Gasteiger partial charge in [0.2, 0.25) is 0 Å². The maximum absolute atomic E-state index is 12.6. The molecule has 1 aliphatic heterocycles. The number of likely N-dealkylation sites (tertiary alicyclic amines) is 1. The van der Waals surface area contributed by atoms with Crippen molar-refractivity contribution in [1.29, 1.82) is 0 Å². The maximum atomic E-state index is 12.6. The van der Waals surface area contributed by atoms with Crippen LogP contribution in [0.3, 0.4) is 0 Å². The van der Waals surface area contributed by atoms with Crippen LogP contribution in [0.5, 0.6) is 0 Å². The van der Waals surface area contributed by atoms with Gasteiger partial charge in [0.05, 0.1) is 12.5 Å². The predicted molar refractivity (Wildman–Crippen MR) is 68.7 cm³/mol. The Morgan fingerprint density at radius 2 is 2.16 bits per heavy atom. The molecule has 0 aromatic carbocycles. The number of Topliss-reactive ketones (excluding diaryl/α,β-unsaturated/α-hetero) is 1. The summed E-state index contributed by atoms with van der Waals surface area (Å²) >= 11 is 1.54. The van der Waals surface area contributed by atoms with Gasteiger partial charge in [-0.3, -0.25) is 9.69 Å². The van der Waals surface area contributed by atoms with Gasteiger partial charge in [-0.2, -0.15) is 13.2 Å². The molecule has 2 rings (SSSR count). The first-order chi connectivity index (χ1) is 8.77. The molecule has 1 unspecified atom stereocenters. The van der Waals surface area contributed by atoms with Gasteiger partial charge in [0, 0.05) is 21.9 Å². The van der Waals surface area contributed by atoms with Crippen LogP contribution < -0.4 is 0 Å². The molecule has 1 fully saturated rings. The highest BCUT2D eigenvalue weighted by molar-refractivity contribution is 7.12. The van der Waals surface area contributed by atoms with Crippen molar-refractivity contribution in [2.75, 3.05) is 19.6 Å². The summed E-state index contributed by atoms with van der Waals surface area (Å²) in [5, 5.41) is 0. The highest BCUT2D eigenvalue weighted by Gasteiger charge is 2.43. The van der Waals surface area contributed by atoms with Crippen molar-refractivity contribution in [2.24, 2.45) is 5.92 Å². The van der Waals surface area contributed by atoms with Crippen LogP contribution in [0, 0.1) is 19.8 Å². The molecule has 0 aliphatic carbocycles. The molecule has 0 saturated carbocycles. The Hall–Kier alpha value is -0.880. The molecule has 0 radical (unpaired) electrons. The Morgan fingerprint density at radius 3 is 2.63 bits per heavy atom. The monoisotopic (exact) mass is 291 g/mol. The second kappa shape index (κ2) is 5.25. The van der Waals surface area contributed by atoms with Gasteiger partial charge in [-0.05, 0) is 32.9 Å². The average molecular weight is 291 g/mol. The number of hydrogen-bond donors (Lipinski definition) is 0. The van der Waals surface area contributed by atoms with E-state index in [-0.39, 0.29) is 25.3 Å². The van der Waals surface area contributed by atoms with Crippen LogP contribution in [0.15, 0.2) is 6.07 Å². The summed E-state index contributed by atoms with van der Waals surface area (Å²) in [4.78, 5) is 15.7. The highest BCUT2D eigenvalue weighted by atomic mass is 32.1. The van der Waals surface area contributed by atoms with E-state index in [4.69, 9.17) is 0 Å². The minimum Gasteiger partial charge on any atom is -0.295 e. The summed E-state index contributed by atoms with van der Waals surface area (Å²) < 4.78 is 37.7. The van der Waals surface area contributed by atoms with Crippen LogP contribution >= 0.6 is 11.3 Å². The normalized spacial score (nSPS) is 21.0. The van der Waals surface area contributed by atoms with E-state index in [0.717, 1.165) is 9.75 Å². The summed E-state index contributed by atoms with van der Waals surface area (Å²) in [6.07, 6.45) is -4.05. The second-order valence-electron chi connectivity index (χ2n) is 5.01. The molecule has 0 spiro atoms. The summed E-state index contributed by atoms with van der Waals surface area (Å²) in [5.74, 6) is -1.37. The molecule has 6 heteroatoms. The van der Waals surface area contributed by atoms with Crippen molar-refractivity contribution in [2.45, 2.75) is 26.4 Å². The number of alkyl halides is 3. The lowest BCUT2D eigenvalue weighted by atomic mass is 10.1. The standard InChI is InChI=1S/C13H16F3NOS/c1-8-5-11(9(2)19-8)12(18)7-17-4-3-10(6-17)13(14,15)16/h5,10H,3-4,6-7H2,1-2H3. The zero-order chi connectivity index (χ0) is 14.2. The van der Waals surface area contributed by atoms with Crippen LogP contribution in [0.4, 0.5) is 13.2 Å². The number of carbonyl (C=O) groups is 1. The Balaban J connectivity index is 1.96. The maximum Gasteiger partial charge on any atom is 0.393 e. The fraction of sp³-hybridized carbons (Fsp3) is 0.615. The predicted octanol–water partition coefficient (Wildman–Crippen LogP) is 3.43. The van der Waals surface area contributed by atoms with E-state index < -0.39 is 12.1 Å². The molecule has 1 aromatic heterocycles. The van der Waals surface area contributed by atoms with Crippen LogP contribution in [-0.4, -0.2) is 36.5 Å². The van der Waals surface area contributed by atoms with Gasteiger partial charge < -0.3 is 0 Å². The van der Waals surface area contributed by atoms with Gasteiger partial charge in [0.25, 0.3) is 0 Å². The lowest BCUT2D eigenvalue weighted by Gasteiger charge is -2.16. The van der Waals surface area contributed by atoms with E-state index in [1.807, 2.05) is 19.9 Å². The Bertz CT molecular complexity index is 481. The number of aryl methyl sites for hydroxylation is 2. The number of halogens is 3. The van der Waals surface area contributed by atoms with Gasteiger partial charge in [0.15, 0.2) is 5.78 Å². The third-order valence-corrected chi connectivity index (χ3v) is 4.41. The first-order valence-electron chi connectivity index (χ1n) is 6.16. The van der Waals surface area contributed by atoms with Crippen LogP contribution in [0.1, 0.15) is 26.5 Å². The SMILES string of the molecule is Cc1cc(C(=O)CN2CCC(C(F)(F)F)C2)c(C)s1. The second-order valence-corrected chi connectivity index (χ2v) is 6.47. The van der Waals surface area contributed by atoms with Crippen LogP contribution in [-0.2, 0) is 0 Å². The van der Waals surface area contributed by atoms with E-state index in [2.05, 4.69) is 0 Å². The van der Waals surface area contributed by atoms with Gasteiger partial charge >= 0.3 is 6.18 Å². The molecule has 0 N–H and O–H groups in total. The zero-order valence-corrected chi connectivity index (χ0v) is 11.7. The van der Waals surface area contributed by atoms with Crippen LogP contribution in [0.2, 0.25) is 0 Å². The van der Waals surface area contributed by atoms with Crippen molar-refractivity contribution in [3.05, 3.63) is 21.4 Å². The molecule has 1 saturated heterocycles. The minimum atomic E-state index is -4.15. The molecule has 1 atom stereocenters. The summed E-state index contributed by atoms with van der Waals surface area (Å²) in [6, 6.07) is 1.82. The zero-order valence-electron chi connectivity index (χ0n) is 10.9.